The van der Waals surface area contributed by atoms with Gasteiger partial charge in [-0.2, -0.15) is 0 Å². The van der Waals surface area contributed by atoms with E-state index in [1.807, 2.05) is 0 Å². The van der Waals surface area contributed by atoms with E-state index in [1.165, 1.54) is 51.4 Å². The first kappa shape index (κ1) is 13.7. The van der Waals surface area contributed by atoms with Gasteiger partial charge in [0.05, 0.1) is 0 Å². The first-order valence-electron chi connectivity index (χ1n) is 7.97. The molecule has 1 aromatic rings. The molecule has 0 atom stereocenters. The topological polar surface area (TPSA) is 38.1 Å². The van der Waals surface area contributed by atoms with Gasteiger partial charge in [-0.25, -0.2) is 4.98 Å². The fourth-order valence-electron chi connectivity index (χ4n) is 3.98. The van der Waals surface area contributed by atoms with Gasteiger partial charge in [-0.3, -0.25) is 4.79 Å². The summed E-state index contributed by atoms with van der Waals surface area (Å²) in [6.07, 6.45) is 14.1. The van der Waals surface area contributed by atoms with Crippen LogP contribution in [-0.2, 0) is 7.05 Å². The lowest BCUT2D eigenvalue weighted by Gasteiger charge is -2.43. The molecule has 0 amide bonds. The van der Waals surface area contributed by atoms with Crippen molar-refractivity contribution in [3.8, 4) is 0 Å². The first-order valence-corrected chi connectivity index (χ1v) is 7.97. The van der Waals surface area contributed by atoms with Gasteiger partial charge in [0.1, 0.15) is 0 Å². The van der Waals surface area contributed by atoms with Gasteiger partial charge in [0.15, 0.2) is 5.82 Å². The number of nitrogens with zero attached hydrogens (tertiary/aromatic N) is 3. The van der Waals surface area contributed by atoms with Gasteiger partial charge in [0, 0.05) is 32.5 Å². The number of aromatic nitrogens is 2. The second kappa shape index (κ2) is 5.58. The quantitative estimate of drug-likeness (QED) is 0.791. The molecule has 110 valence electrons. The van der Waals surface area contributed by atoms with Crippen LogP contribution >= 0.6 is 0 Å². The fraction of sp³-hybridized carbons (Fsp3) is 0.750. The van der Waals surface area contributed by atoms with Crippen molar-refractivity contribution in [3.63, 3.8) is 0 Å². The Labute approximate surface area is 120 Å². The van der Waals surface area contributed by atoms with Gasteiger partial charge in [-0.1, -0.05) is 25.7 Å². The van der Waals surface area contributed by atoms with Crippen molar-refractivity contribution in [1.29, 1.82) is 0 Å². The Morgan fingerprint density at radius 1 is 1.10 bits per heavy atom. The van der Waals surface area contributed by atoms with Crippen LogP contribution in [0, 0.1) is 5.41 Å². The molecule has 2 fully saturated rings. The fourth-order valence-corrected chi connectivity index (χ4v) is 3.98. The van der Waals surface area contributed by atoms with E-state index in [0.29, 0.717) is 11.2 Å². The summed E-state index contributed by atoms with van der Waals surface area (Å²) in [6.45, 7) is 2.01. The molecule has 0 aromatic carbocycles. The number of piperidine rings is 1. The lowest BCUT2D eigenvalue weighted by molar-refractivity contribution is 0.197. The lowest BCUT2D eigenvalue weighted by Crippen LogP contribution is -2.46. The van der Waals surface area contributed by atoms with Crippen LogP contribution in [-0.4, -0.2) is 22.6 Å². The van der Waals surface area contributed by atoms with Crippen LogP contribution in [0.2, 0.25) is 0 Å². The molecule has 0 bridgehead atoms. The van der Waals surface area contributed by atoms with Crippen molar-refractivity contribution < 1.29 is 0 Å². The number of aryl methyl sites for hydroxylation is 1. The zero-order valence-electron chi connectivity index (χ0n) is 12.5. The third-order valence-corrected chi connectivity index (χ3v) is 5.12. The van der Waals surface area contributed by atoms with E-state index >= 15 is 0 Å². The van der Waals surface area contributed by atoms with Crippen molar-refractivity contribution in [1.82, 2.24) is 9.55 Å². The highest BCUT2D eigenvalue weighted by atomic mass is 16.1. The Kier molecular flexibility index (Phi) is 3.81. The average molecular weight is 275 g/mol. The minimum Gasteiger partial charge on any atom is -0.351 e. The summed E-state index contributed by atoms with van der Waals surface area (Å²) in [6, 6.07) is 0. The summed E-state index contributed by atoms with van der Waals surface area (Å²) in [5, 5.41) is 0. The molecule has 0 unspecified atom stereocenters. The van der Waals surface area contributed by atoms with Gasteiger partial charge in [0.2, 0.25) is 0 Å². The predicted molar refractivity (Wildman–Crippen MR) is 81.1 cm³/mol. The minimum absolute atomic E-state index is 0.0400. The van der Waals surface area contributed by atoms with E-state index in [-0.39, 0.29) is 5.56 Å². The standard InChI is InChI=1S/C16H25N3O/c1-18-12-10-17-14(15(18)20)19-11-6-9-16(13-19)7-4-2-3-5-8-16/h10,12H,2-9,11,13H2,1H3. The van der Waals surface area contributed by atoms with Crippen molar-refractivity contribution in [2.75, 3.05) is 18.0 Å². The zero-order chi connectivity index (χ0) is 14.0. The molecule has 0 radical (unpaired) electrons. The predicted octanol–water partition coefficient (Wildman–Crippen LogP) is 2.72. The van der Waals surface area contributed by atoms with E-state index in [9.17, 15) is 4.79 Å². The maximum absolute atomic E-state index is 12.3. The first-order chi connectivity index (χ1) is 9.70. The van der Waals surface area contributed by atoms with Crippen molar-refractivity contribution in [3.05, 3.63) is 22.7 Å². The molecule has 3 rings (SSSR count). The Balaban J connectivity index is 1.84. The molecule has 1 saturated heterocycles. The number of hydrogen-bond donors (Lipinski definition) is 0. The second-order valence-electron chi connectivity index (χ2n) is 6.61. The van der Waals surface area contributed by atoms with Crippen molar-refractivity contribution in [2.45, 2.75) is 51.4 Å². The van der Waals surface area contributed by atoms with Gasteiger partial charge < -0.3 is 9.47 Å². The van der Waals surface area contributed by atoms with Crippen LogP contribution in [0.15, 0.2) is 17.2 Å². The molecule has 0 N–H and O–H groups in total. The van der Waals surface area contributed by atoms with E-state index in [1.54, 1.807) is 24.0 Å². The number of anilines is 1. The van der Waals surface area contributed by atoms with E-state index < -0.39 is 0 Å². The molecule has 1 spiro atoms. The number of rotatable bonds is 1. The highest BCUT2D eigenvalue weighted by molar-refractivity contribution is 5.36. The van der Waals surface area contributed by atoms with Crippen LogP contribution in [0.1, 0.15) is 51.4 Å². The van der Waals surface area contributed by atoms with E-state index in [2.05, 4.69) is 9.88 Å². The van der Waals surface area contributed by atoms with Crippen molar-refractivity contribution >= 4 is 5.82 Å². The maximum Gasteiger partial charge on any atom is 0.293 e. The Hall–Kier alpha value is -1.32. The van der Waals surface area contributed by atoms with Crippen LogP contribution in [0.5, 0.6) is 0 Å². The third-order valence-electron chi connectivity index (χ3n) is 5.12. The van der Waals surface area contributed by atoms with Crippen molar-refractivity contribution in [2.24, 2.45) is 12.5 Å². The van der Waals surface area contributed by atoms with Crippen LogP contribution in [0.4, 0.5) is 5.82 Å². The summed E-state index contributed by atoms with van der Waals surface area (Å²) >= 11 is 0. The summed E-state index contributed by atoms with van der Waals surface area (Å²) in [5.41, 5.74) is 0.482. The van der Waals surface area contributed by atoms with E-state index in [0.717, 1.165) is 13.1 Å². The monoisotopic (exact) mass is 275 g/mol. The van der Waals surface area contributed by atoms with Crippen LogP contribution in [0.3, 0.4) is 0 Å². The minimum atomic E-state index is 0.0400. The van der Waals surface area contributed by atoms with Gasteiger partial charge >= 0.3 is 0 Å². The molecule has 4 nitrogen and oxygen atoms in total. The lowest BCUT2D eigenvalue weighted by atomic mass is 9.74. The molecule has 2 aliphatic rings. The molecule has 2 heterocycles. The summed E-state index contributed by atoms with van der Waals surface area (Å²) in [4.78, 5) is 18.9. The summed E-state index contributed by atoms with van der Waals surface area (Å²) in [5.74, 6) is 0.651. The smallest absolute Gasteiger partial charge is 0.293 e. The molecule has 1 aromatic heterocycles. The molecular formula is C16H25N3O. The largest absolute Gasteiger partial charge is 0.351 e. The molecule has 20 heavy (non-hydrogen) atoms. The van der Waals surface area contributed by atoms with Gasteiger partial charge in [0.25, 0.3) is 5.56 Å². The number of hydrogen-bond acceptors (Lipinski definition) is 3. The van der Waals surface area contributed by atoms with Crippen LogP contribution in [0.25, 0.3) is 0 Å². The van der Waals surface area contributed by atoms with Gasteiger partial charge in [-0.15, -0.1) is 0 Å². The SMILES string of the molecule is Cn1ccnc(N2CCCC3(CCCCCC3)C2)c1=O. The second-order valence-corrected chi connectivity index (χ2v) is 6.61. The third kappa shape index (κ3) is 2.60. The molecule has 1 saturated carbocycles. The van der Waals surface area contributed by atoms with Gasteiger partial charge in [-0.05, 0) is 31.1 Å². The van der Waals surface area contributed by atoms with Crippen LogP contribution < -0.4 is 10.5 Å². The van der Waals surface area contributed by atoms with E-state index in [4.69, 9.17) is 0 Å². The molecule has 4 heteroatoms. The highest BCUT2D eigenvalue weighted by Crippen LogP contribution is 2.42. The molecular weight excluding hydrogens is 250 g/mol. The Morgan fingerprint density at radius 2 is 1.80 bits per heavy atom. The normalized spacial score (nSPS) is 22.8. The Bertz CT molecular complexity index is 515. The summed E-state index contributed by atoms with van der Waals surface area (Å²) < 4.78 is 1.64. The molecule has 1 aliphatic heterocycles. The average Bonchev–Trinajstić information content (AvgIpc) is 2.68. The zero-order valence-corrected chi connectivity index (χ0v) is 12.5. The maximum atomic E-state index is 12.3. The summed E-state index contributed by atoms with van der Waals surface area (Å²) in [7, 11) is 1.80. The molecule has 1 aliphatic carbocycles. The highest BCUT2D eigenvalue weighted by Gasteiger charge is 2.36. The Morgan fingerprint density at radius 3 is 2.55 bits per heavy atom.